The third-order valence-electron chi connectivity index (χ3n) is 3.88. The molecule has 3 aromatic rings. The summed E-state index contributed by atoms with van der Waals surface area (Å²) in [6.45, 7) is 3.64. The topological polar surface area (TPSA) is 83.2 Å². The van der Waals surface area contributed by atoms with Gasteiger partial charge in [-0.1, -0.05) is 0 Å². The minimum atomic E-state index is -0.225. The maximum Gasteiger partial charge on any atom is 0.255 e. The van der Waals surface area contributed by atoms with Gasteiger partial charge in [0, 0.05) is 30.1 Å². The molecule has 0 saturated carbocycles. The number of carbonyl (C=O) groups is 1. The molecule has 0 bridgehead atoms. The second-order valence-corrected chi connectivity index (χ2v) is 5.65. The molecule has 0 aliphatic carbocycles. The van der Waals surface area contributed by atoms with Crippen molar-refractivity contribution >= 4 is 11.6 Å². The van der Waals surface area contributed by atoms with Gasteiger partial charge in [-0.05, 0) is 25.1 Å². The number of hydrogen-bond donors (Lipinski definition) is 1. The number of anilines is 1. The van der Waals surface area contributed by atoms with Gasteiger partial charge >= 0.3 is 0 Å². The van der Waals surface area contributed by atoms with E-state index < -0.39 is 0 Å². The molecule has 25 heavy (non-hydrogen) atoms. The van der Waals surface area contributed by atoms with Crippen LogP contribution in [-0.2, 0) is 13.1 Å². The van der Waals surface area contributed by atoms with Gasteiger partial charge in [0.25, 0.3) is 5.91 Å². The van der Waals surface area contributed by atoms with Crippen LogP contribution in [-0.4, -0.2) is 32.3 Å². The molecule has 4 rings (SSSR count). The Labute approximate surface area is 144 Å². The first-order valence-electron chi connectivity index (χ1n) is 7.96. The minimum absolute atomic E-state index is 0.182. The molecule has 3 heterocycles. The van der Waals surface area contributed by atoms with Gasteiger partial charge in [-0.15, -0.1) is 0 Å². The summed E-state index contributed by atoms with van der Waals surface area (Å²) in [4.78, 5) is 12.4. The summed E-state index contributed by atoms with van der Waals surface area (Å²) in [5, 5.41) is 11.3. The van der Waals surface area contributed by atoms with E-state index in [4.69, 9.17) is 9.47 Å². The van der Waals surface area contributed by atoms with Gasteiger partial charge < -0.3 is 14.8 Å². The van der Waals surface area contributed by atoms with Gasteiger partial charge in [-0.25, -0.2) is 0 Å². The van der Waals surface area contributed by atoms with Crippen molar-refractivity contribution in [2.45, 2.75) is 20.0 Å². The van der Waals surface area contributed by atoms with Crippen LogP contribution in [0.4, 0.5) is 5.69 Å². The number of benzene rings is 1. The Balaban J connectivity index is 1.42. The number of hydrogen-bond acceptors (Lipinski definition) is 5. The van der Waals surface area contributed by atoms with E-state index in [0.717, 1.165) is 12.1 Å². The van der Waals surface area contributed by atoms with E-state index in [9.17, 15) is 4.79 Å². The lowest BCUT2D eigenvalue weighted by Crippen LogP contribution is -2.11. The summed E-state index contributed by atoms with van der Waals surface area (Å²) in [7, 11) is 0. The number of nitrogens with zero attached hydrogens (tertiary/aromatic N) is 4. The Morgan fingerprint density at radius 2 is 2.00 bits per heavy atom. The standard InChI is InChI=1S/C17H17N5O3/c1-2-21-8-12(6-18-21)9-22-10-14(7-19-22)20-17(23)13-3-4-15-16(5-13)25-11-24-15/h3-8,10H,2,9,11H2,1H3,(H,20,23). The molecular weight excluding hydrogens is 322 g/mol. The zero-order chi connectivity index (χ0) is 17.2. The van der Waals surface area contributed by atoms with Crippen molar-refractivity contribution in [3.8, 4) is 11.5 Å². The van der Waals surface area contributed by atoms with Crippen LogP contribution >= 0.6 is 0 Å². The molecule has 8 heteroatoms. The zero-order valence-electron chi connectivity index (χ0n) is 13.7. The highest BCUT2D eigenvalue weighted by atomic mass is 16.7. The third kappa shape index (κ3) is 3.18. The van der Waals surface area contributed by atoms with Gasteiger partial charge in [0.05, 0.1) is 24.6 Å². The first-order valence-corrected chi connectivity index (χ1v) is 7.96. The summed E-state index contributed by atoms with van der Waals surface area (Å²) in [5.41, 5.74) is 2.19. The first kappa shape index (κ1) is 15.3. The van der Waals surface area contributed by atoms with E-state index in [0.29, 0.717) is 29.3 Å². The summed E-state index contributed by atoms with van der Waals surface area (Å²) in [6.07, 6.45) is 7.20. The Hall–Kier alpha value is -3.29. The van der Waals surface area contributed by atoms with Crippen molar-refractivity contribution in [3.63, 3.8) is 0 Å². The zero-order valence-corrected chi connectivity index (χ0v) is 13.7. The molecule has 1 aliphatic heterocycles. The summed E-state index contributed by atoms with van der Waals surface area (Å²) >= 11 is 0. The van der Waals surface area contributed by atoms with Gasteiger partial charge in [0.2, 0.25) is 6.79 Å². The van der Waals surface area contributed by atoms with Gasteiger partial charge in [0.15, 0.2) is 11.5 Å². The highest BCUT2D eigenvalue weighted by Crippen LogP contribution is 2.32. The van der Waals surface area contributed by atoms with Crippen LogP contribution < -0.4 is 14.8 Å². The van der Waals surface area contributed by atoms with E-state index in [1.54, 1.807) is 35.3 Å². The normalized spacial score (nSPS) is 12.4. The molecule has 1 amide bonds. The molecule has 1 aliphatic rings. The van der Waals surface area contributed by atoms with Gasteiger partial charge in [-0.3, -0.25) is 14.2 Å². The maximum absolute atomic E-state index is 12.4. The molecule has 1 N–H and O–H groups in total. The van der Waals surface area contributed by atoms with E-state index in [2.05, 4.69) is 15.5 Å². The average Bonchev–Trinajstić information content (AvgIpc) is 3.35. The molecule has 0 fully saturated rings. The quantitative estimate of drug-likeness (QED) is 0.770. The van der Waals surface area contributed by atoms with E-state index in [-0.39, 0.29) is 12.7 Å². The Morgan fingerprint density at radius 3 is 2.84 bits per heavy atom. The number of rotatable bonds is 5. The van der Waals surface area contributed by atoms with E-state index in [1.165, 1.54) is 0 Å². The lowest BCUT2D eigenvalue weighted by molar-refractivity contribution is 0.102. The molecular formula is C17H17N5O3. The van der Waals surface area contributed by atoms with Crippen LogP contribution in [0.3, 0.4) is 0 Å². The average molecular weight is 339 g/mol. The van der Waals surface area contributed by atoms with Crippen molar-refractivity contribution in [2.75, 3.05) is 12.1 Å². The molecule has 0 saturated heterocycles. The van der Waals surface area contributed by atoms with Gasteiger partial charge in [0.1, 0.15) is 0 Å². The largest absolute Gasteiger partial charge is 0.454 e. The summed E-state index contributed by atoms with van der Waals surface area (Å²) in [5.74, 6) is 1.00. The minimum Gasteiger partial charge on any atom is -0.454 e. The lowest BCUT2D eigenvalue weighted by atomic mass is 10.2. The molecule has 0 radical (unpaired) electrons. The fraction of sp³-hybridized carbons (Fsp3) is 0.235. The molecule has 0 atom stereocenters. The van der Waals surface area contributed by atoms with Gasteiger partial charge in [-0.2, -0.15) is 10.2 Å². The van der Waals surface area contributed by atoms with Crippen LogP contribution in [0.1, 0.15) is 22.8 Å². The molecule has 0 unspecified atom stereocenters. The molecule has 8 nitrogen and oxygen atoms in total. The molecule has 0 spiro atoms. The maximum atomic E-state index is 12.4. The number of carbonyl (C=O) groups excluding carboxylic acids is 1. The smallest absolute Gasteiger partial charge is 0.255 e. The Kier molecular flexibility index (Phi) is 3.85. The van der Waals surface area contributed by atoms with Crippen molar-refractivity contribution in [3.05, 3.63) is 54.1 Å². The summed E-state index contributed by atoms with van der Waals surface area (Å²) in [6, 6.07) is 5.10. The van der Waals surface area contributed by atoms with Crippen LogP contribution in [0.5, 0.6) is 11.5 Å². The predicted octanol–water partition coefficient (Wildman–Crippen LogP) is 2.13. The number of fused-ring (bicyclic) bond motifs is 1. The molecule has 128 valence electrons. The fourth-order valence-electron chi connectivity index (χ4n) is 2.60. The van der Waals surface area contributed by atoms with Crippen LogP contribution in [0.2, 0.25) is 0 Å². The van der Waals surface area contributed by atoms with Crippen molar-refractivity contribution in [1.29, 1.82) is 0 Å². The molecule has 2 aromatic heterocycles. The number of aromatic nitrogens is 4. The second-order valence-electron chi connectivity index (χ2n) is 5.65. The predicted molar refractivity (Wildman–Crippen MR) is 89.7 cm³/mol. The Bertz CT molecular complexity index is 915. The number of aryl methyl sites for hydroxylation is 1. The lowest BCUT2D eigenvalue weighted by Gasteiger charge is -2.03. The monoisotopic (exact) mass is 339 g/mol. The van der Waals surface area contributed by atoms with Crippen LogP contribution in [0, 0.1) is 0 Å². The van der Waals surface area contributed by atoms with Crippen LogP contribution in [0.15, 0.2) is 43.0 Å². The van der Waals surface area contributed by atoms with Crippen LogP contribution in [0.25, 0.3) is 0 Å². The van der Waals surface area contributed by atoms with Crippen molar-refractivity contribution < 1.29 is 14.3 Å². The van der Waals surface area contributed by atoms with Crippen molar-refractivity contribution in [1.82, 2.24) is 19.6 Å². The SMILES string of the molecule is CCn1cc(Cn2cc(NC(=O)c3ccc4c(c3)OCO4)cn2)cn1. The van der Waals surface area contributed by atoms with Crippen molar-refractivity contribution in [2.24, 2.45) is 0 Å². The number of ether oxygens (including phenoxy) is 2. The third-order valence-corrected chi connectivity index (χ3v) is 3.88. The first-order chi connectivity index (χ1) is 12.2. The number of amides is 1. The second kappa shape index (κ2) is 6.31. The molecule has 1 aromatic carbocycles. The highest BCUT2D eigenvalue weighted by Gasteiger charge is 2.16. The Morgan fingerprint density at radius 1 is 1.16 bits per heavy atom. The number of nitrogens with one attached hydrogen (secondary N) is 1. The summed E-state index contributed by atoms with van der Waals surface area (Å²) < 4.78 is 14.2. The van der Waals surface area contributed by atoms with E-state index in [1.807, 2.05) is 24.0 Å². The van der Waals surface area contributed by atoms with E-state index >= 15 is 0 Å². The highest BCUT2D eigenvalue weighted by molar-refractivity contribution is 6.04. The fourth-order valence-corrected chi connectivity index (χ4v) is 2.60.